The summed E-state index contributed by atoms with van der Waals surface area (Å²) in [6.45, 7) is 7.80. The first-order valence-corrected chi connectivity index (χ1v) is 9.71. The maximum Gasteiger partial charge on any atom is 0.325 e. The zero-order valence-electron chi connectivity index (χ0n) is 16.6. The number of benzene rings is 1. The zero-order chi connectivity index (χ0) is 20.1. The van der Waals surface area contributed by atoms with Crippen LogP contribution < -0.4 is 4.90 Å². The van der Waals surface area contributed by atoms with Crippen LogP contribution in [0, 0.1) is 0 Å². The quantitative estimate of drug-likeness (QED) is 0.813. The van der Waals surface area contributed by atoms with Crippen LogP contribution in [0.4, 0.5) is 14.9 Å². The molecule has 8 heteroatoms. The molecule has 1 atom stereocenters. The van der Waals surface area contributed by atoms with Gasteiger partial charge in [0.15, 0.2) is 0 Å². The lowest BCUT2D eigenvalue weighted by Gasteiger charge is -2.23. The highest BCUT2D eigenvalue weighted by molar-refractivity contribution is 6.04. The van der Waals surface area contributed by atoms with Crippen molar-refractivity contribution >= 4 is 28.5 Å². The number of halogens is 1. The number of hydrogen-bond acceptors (Lipinski definition) is 3. The number of amides is 3. The first kappa shape index (κ1) is 18.7. The summed E-state index contributed by atoms with van der Waals surface area (Å²) < 4.78 is 15.3. The summed E-state index contributed by atoms with van der Waals surface area (Å²) >= 11 is 0. The predicted molar refractivity (Wildman–Crippen MR) is 105 cm³/mol. The molecule has 1 aromatic carbocycles. The van der Waals surface area contributed by atoms with Gasteiger partial charge in [-0.1, -0.05) is 6.07 Å². The molecule has 0 spiro atoms. The highest BCUT2D eigenvalue weighted by Gasteiger charge is 2.34. The van der Waals surface area contributed by atoms with E-state index in [0.29, 0.717) is 26.1 Å². The van der Waals surface area contributed by atoms with Crippen LogP contribution in [-0.4, -0.2) is 70.4 Å². The van der Waals surface area contributed by atoms with Crippen LogP contribution in [0.2, 0.25) is 0 Å². The highest BCUT2D eigenvalue weighted by Crippen LogP contribution is 2.31. The van der Waals surface area contributed by atoms with Gasteiger partial charge in [0, 0.05) is 25.0 Å². The molecule has 150 valence electrons. The number of urea groups is 1. The first-order valence-electron chi connectivity index (χ1n) is 9.71. The minimum absolute atomic E-state index is 0.000712. The van der Waals surface area contributed by atoms with E-state index in [1.165, 1.54) is 4.90 Å². The Hall–Kier alpha value is -2.64. The van der Waals surface area contributed by atoms with E-state index >= 15 is 0 Å². The van der Waals surface area contributed by atoms with Gasteiger partial charge in [0.2, 0.25) is 5.91 Å². The minimum atomic E-state index is -0.952. The molecule has 0 saturated carbocycles. The fraction of sp³-hybridized carbons (Fsp3) is 0.550. The van der Waals surface area contributed by atoms with Gasteiger partial charge in [-0.3, -0.25) is 14.4 Å². The standard InChI is InChI=1S/C20H26FN5O2/c1-20(2,3)26-17-6-4-5-16(15(17)11-22-26)25-10-9-24(19(25)28)13-18(27)23-8-7-14(21)12-23/h4-6,11,14H,7-10,12-13H2,1-3H3/t14-/m0/s1. The molecule has 28 heavy (non-hydrogen) atoms. The van der Waals surface area contributed by atoms with Crippen molar-refractivity contribution in [1.29, 1.82) is 0 Å². The second-order valence-corrected chi connectivity index (χ2v) is 8.52. The molecule has 2 saturated heterocycles. The Kier molecular flexibility index (Phi) is 4.51. The summed E-state index contributed by atoms with van der Waals surface area (Å²) in [5, 5.41) is 5.43. The average molecular weight is 387 g/mol. The Bertz CT molecular complexity index is 919. The van der Waals surface area contributed by atoms with Gasteiger partial charge in [0.1, 0.15) is 12.7 Å². The van der Waals surface area contributed by atoms with Crippen molar-refractivity contribution in [2.45, 2.75) is 38.9 Å². The van der Waals surface area contributed by atoms with Crippen molar-refractivity contribution in [2.75, 3.05) is 37.6 Å². The molecule has 0 N–H and O–H groups in total. The fourth-order valence-electron chi connectivity index (χ4n) is 3.97. The zero-order valence-corrected chi connectivity index (χ0v) is 16.6. The number of hydrogen-bond donors (Lipinski definition) is 0. The van der Waals surface area contributed by atoms with E-state index in [0.717, 1.165) is 16.6 Å². The summed E-state index contributed by atoms with van der Waals surface area (Å²) in [6, 6.07) is 5.64. The Balaban J connectivity index is 1.54. The number of carbonyl (C=O) groups is 2. The van der Waals surface area contributed by atoms with Gasteiger partial charge in [0.25, 0.3) is 0 Å². The number of fused-ring (bicyclic) bond motifs is 1. The van der Waals surface area contributed by atoms with E-state index in [4.69, 9.17) is 0 Å². The van der Waals surface area contributed by atoms with E-state index in [9.17, 15) is 14.0 Å². The second kappa shape index (κ2) is 6.76. The molecule has 1 aromatic heterocycles. The molecule has 4 rings (SSSR count). The molecule has 0 unspecified atom stereocenters. The molecular formula is C20H26FN5O2. The molecule has 0 radical (unpaired) electrons. The third-order valence-electron chi connectivity index (χ3n) is 5.42. The summed E-state index contributed by atoms with van der Waals surface area (Å²) in [5.74, 6) is -0.186. The minimum Gasteiger partial charge on any atom is -0.338 e. The lowest BCUT2D eigenvalue weighted by atomic mass is 10.1. The highest BCUT2D eigenvalue weighted by atomic mass is 19.1. The smallest absolute Gasteiger partial charge is 0.325 e. The van der Waals surface area contributed by atoms with Crippen LogP contribution in [0.25, 0.3) is 10.9 Å². The van der Waals surface area contributed by atoms with Gasteiger partial charge >= 0.3 is 6.03 Å². The number of anilines is 1. The monoisotopic (exact) mass is 387 g/mol. The number of alkyl halides is 1. The Morgan fingerprint density at radius 1 is 1.25 bits per heavy atom. The van der Waals surface area contributed by atoms with Crippen molar-refractivity contribution < 1.29 is 14.0 Å². The van der Waals surface area contributed by atoms with E-state index in [-0.39, 0.29) is 30.6 Å². The first-order chi connectivity index (χ1) is 13.3. The predicted octanol–water partition coefficient (Wildman–Crippen LogP) is 2.60. The molecule has 0 aliphatic carbocycles. The lowest BCUT2D eigenvalue weighted by Crippen LogP contribution is -2.41. The van der Waals surface area contributed by atoms with Crippen molar-refractivity contribution in [3.8, 4) is 0 Å². The van der Waals surface area contributed by atoms with Gasteiger partial charge in [-0.05, 0) is 39.3 Å². The molecule has 2 aliphatic heterocycles. The number of likely N-dealkylation sites (tertiary alicyclic amines) is 1. The number of carbonyl (C=O) groups excluding carboxylic acids is 2. The molecule has 3 heterocycles. The number of aromatic nitrogens is 2. The second-order valence-electron chi connectivity index (χ2n) is 8.52. The Morgan fingerprint density at radius 2 is 2.04 bits per heavy atom. The van der Waals surface area contributed by atoms with E-state index in [2.05, 4.69) is 25.9 Å². The molecule has 2 fully saturated rings. The summed E-state index contributed by atoms with van der Waals surface area (Å²) in [4.78, 5) is 30.1. The molecule has 2 aliphatic rings. The van der Waals surface area contributed by atoms with Gasteiger partial charge in [0.05, 0.1) is 29.5 Å². The van der Waals surface area contributed by atoms with E-state index in [1.54, 1.807) is 16.0 Å². The van der Waals surface area contributed by atoms with Crippen LogP contribution >= 0.6 is 0 Å². The Labute approximate surface area is 163 Å². The third kappa shape index (κ3) is 3.21. The molecule has 7 nitrogen and oxygen atoms in total. The van der Waals surface area contributed by atoms with E-state index in [1.807, 2.05) is 22.9 Å². The largest absolute Gasteiger partial charge is 0.338 e. The number of rotatable bonds is 3. The third-order valence-corrected chi connectivity index (χ3v) is 5.42. The summed E-state index contributed by atoms with van der Waals surface area (Å²) in [7, 11) is 0. The summed E-state index contributed by atoms with van der Waals surface area (Å²) in [6.07, 6.45) is 1.22. The average Bonchev–Trinajstić information content (AvgIpc) is 3.33. The van der Waals surface area contributed by atoms with Crippen molar-refractivity contribution in [3.05, 3.63) is 24.4 Å². The van der Waals surface area contributed by atoms with Crippen LogP contribution in [0.3, 0.4) is 0 Å². The molecule has 0 bridgehead atoms. The van der Waals surface area contributed by atoms with Crippen LogP contribution in [0.5, 0.6) is 0 Å². The van der Waals surface area contributed by atoms with Crippen molar-refractivity contribution in [3.63, 3.8) is 0 Å². The lowest BCUT2D eigenvalue weighted by molar-refractivity contribution is -0.130. The van der Waals surface area contributed by atoms with E-state index < -0.39 is 6.17 Å². The molecule has 3 amide bonds. The van der Waals surface area contributed by atoms with Crippen molar-refractivity contribution in [2.24, 2.45) is 0 Å². The van der Waals surface area contributed by atoms with Gasteiger partial charge in [-0.25, -0.2) is 9.18 Å². The normalized spacial score (nSPS) is 20.6. The SMILES string of the molecule is CC(C)(C)n1ncc2c(N3CCN(CC(=O)N4CC[C@H](F)C4)C3=O)cccc21. The molecule has 2 aromatic rings. The van der Waals surface area contributed by atoms with Gasteiger partial charge < -0.3 is 9.80 Å². The maximum absolute atomic E-state index is 13.4. The topological polar surface area (TPSA) is 61.7 Å². The summed E-state index contributed by atoms with van der Waals surface area (Å²) in [5.41, 5.74) is 1.61. The maximum atomic E-state index is 13.4. The van der Waals surface area contributed by atoms with Gasteiger partial charge in [-0.15, -0.1) is 0 Å². The van der Waals surface area contributed by atoms with Crippen molar-refractivity contribution in [1.82, 2.24) is 19.6 Å². The molecular weight excluding hydrogens is 361 g/mol. The van der Waals surface area contributed by atoms with Gasteiger partial charge in [-0.2, -0.15) is 5.10 Å². The van der Waals surface area contributed by atoms with Crippen LogP contribution in [0.1, 0.15) is 27.2 Å². The number of nitrogens with zero attached hydrogens (tertiary/aromatic N) is 5. The fourth-order valence-corrected chi connectivity index (χ4v) is 3.97. The van der Waals surface area contributed by atoms with Crippen LogP contribution in [0.15, 0.2) is 24.4 Å². The van der Waals surface area contributed by atoms with Crippen LogP contribution in [-0.2, 0) is 10.3 Å². The Morgan fingerprint density at radius 3 is 2.71 bits per heavy atom.